The number of thioether (sulfide) groups is 1. The van der Waals surface area contributed by atoms with Crippen LogP contribution in [0.25, 0.3) is 0 Å². The highest BCUT2D eigenvalue weighted by Crippen LogP contribution is 2.34. The van der Waals surface area contributed by atoms with E-state index in [9.17, 15) is 4.79 Å². The molecule has 1 aliphatic heterocycles. The van der Waals surface area contributed by atoms with Gasteiger partial charge < -0.3 is 14.2 Å². The fourth-order valence-electron chi connectivity index (χ4n) is 3.91. The van der Waals surface area contributed by atoms with Gasteiger partial charge in [0, 0.05) is 30.8 Å². The van der Waals surface area contributed by atoms with Crippen LogP contribution < -0.4 is 9.47 Å². The molecule has 1 saturated heterocycles. The lowest BCUT2D eigenvalue weighted by Crippen LogP contribution is -2.49. The zero-order chi connectivity index (χ0) is 18.4. The van der Waals surface area contributed by atoms with E-state index in [0.717, 1.165) is 38.3 Å². The van der Waals surface area contributed by atoms with Gasteiger partial charge in [-0.15, -0.1) is 12.4 Å². The Morgan fingerprint density at radius 1 is 1.15 bits per heavy atom. The molecule has 0 radical (unpaired) electrons. The molecule has 2 fully saturated rings. The zero-order valence-corrected chi connectivity index (χ0v) is 17.8. The molecule has 1 heterocycles. The SMILES string of the molecule is COc1ccc(CC(=O)S[C@@H]2CCCC[C@H]2N2CCOCC2)cc1OC.Cl. The van der Waals surface area contributed by atoms with Crippen molar-refractivity contribution in [3.8, 4) is 11.5 Å². The van der Waals surface area contributed by atoms with E-state index in [4.69, 9.17) is 14.2 Å². The number of halogens is 1. The van der Waals surface area contributed by atoms with Crippen molar-refractivity contribution in [1.82, 2.24) is 4.90 Å². The lowest BCUT2D eigenvalue weighted by molar-refractivity contribution is -0.110. The summed E-state index contributed by atoms with van der Waals surface area (Å²) in [5, 5.41) is 0.636. The summed E-state index contributed by atoms with van der Waals surface area (Å²) in [7, 11) is 3.24. The van der Waals surface area contributed by atoms with Gasteiger partial charge in [0.15, 0.2) is 16.6 Å². The number of hydrogen-bond donors (Lipinski definition) is 0. The second-order valence-electron chi connectivity index (χ2n) is 6.89. The van der Waals surface area contributed by atoms with E-state index in [1.54, 1.807) is 26.0 Å². The Hall–Kier alpha value is -0.950. The molecule has 0 amide bonds. The average Bonchev–Trinajstić information content (AvgIpc) is 2.69. The van der Waals surface area contributed by atoms with E-state index in [1.165, 1.54) is 19.3 Å². The molecule has 0 N–H and O–H groups in total. The molecule has 0 unspecified atom stereocenters. The zero-order valence-electron chi connectivity index (χ0n) is 16.1. The number of benzene rings is 1. The molecule has 3 rings (SSSR count). The summed E-state index contributed by atoms with van der Waals surface area (Å²) < 4.78 is 16.1. The Kier molecular flexibility index (Phi) is 9.22. The minimum atomic E-state index is 0. The van der Waals surface area contributed by atoms with E-state index in [0.29, 0.717) is 29.2 Å². The van der Waals surface area contributed by atoms with Gasteiger partial charge in [0.1, 0.15) is 0 Å². The van der Waals surface area contributed by atoms with E-state index in [1.807, 2.05) is 18.2 Å². The van der Waals surface area contributed by atoms with Crippen molar-refractivity contribution in [2.45, 2.75) is 43.4 Å². The number of rotatable bonds is 6. The minimum absolute atomic E-state index is 0. The second kappa shape index (κ2) is 11.1. The van der Waals surface area contributed by atoms with Crippen LogP contribution in [0.5, 0.6) is 11.5 Å². The molecule has 2 atom stereocenters. The van der Waals surface area contributed by atoms with Gasteiger partial charge in [0.05, 0.1) is 27.4 Å². The lowest BCUT2D eigenvalue weighted by atomic mass is 9.93. The first kappa shape index (κ1) is 22.3. The van der Waals surface area contributed by atoms with Gasteiger partial charge in [-0.25, -0.2) is 0 Å². The van der Waals surface area contributed by atoms with Crippen molar-refractivity contribution in [3.05, 3.63) is 23.8 Å². The van der Waals surface area contributed by atoms with Crippen molar-refractivity contribution in [2.24, 2.45) is 0 Å². The molecule has 152 valence electrons. The largest absolute Gasteiger partial charge is 0.493 e. The monoisotopic (exact) mass is 415 g/mol. The summed E-state index contributed by atoms with van der Waals surface area (Å²) in [6, 6.07) is 6.22. The molecule has 0 aromatic heterocycles. The maximum atomic E-state index is 12.7. The van der Waals surface area contributed by atoms with E-state index < -0.39 is 0 Å². The fraction of sp³-hybridized carbons (Fsp3) is 0.650. The van der Waals surface area contributed by atoms with Gasteiger partial charge in [0.25, 0.3) is 0 Å². The molecule has 1 aromatic rings. The first-order chi connectivity index (χ1) is 12.7. The Morgan fingerprint density at radius 3 is 2.56 bits per heavy atom. The molecular formula is C20H30ClNO4S. The predicted octanol–water partition coefficient (Wildman–Crippen LogP) is 3.57. The third-order valence-corrected chi connectivity index (χ3v) is 6.52. The van der Waals surface area contributed by atoms with Crippen LogP contribution in [0.15, 0.2) is 18.2 Å². The second-order valence-corrected chi connectivity index (χ2v) is 8.19. The third-order valence-electron chi connectivity index (χ3n) is 5.26. The Morgan fingerprint density at radius 2 is 1.85 bits per heavy atom. The maximum absolute atomic E-state index is 12.7. The summed E-state index contributed by atoms with van der Waals surface area (Å²) in [6.45, 7) is 3.61. The van der Waals surface area contributed by atoms with Crippen LogP contribution in [0.4, 0.5) is 0 Å². The van der Waals surface area contributed by atoms with Gasteiger partial charge in [-0.2, -0.15) is 0 Å². The van der Waals surface area contributed by atoms with Crippen LogP contribution in [0.2, 0.25) is 0 Å². The molecule has 2 aliphatic rings. The Balaban J connectivity index is 0.00000261. The molecule has 5 nitrogen and oxygen atoms in total. The van der Waals surface area contributed by atoms with Crippen LogP contribution in [0, 0.1) is 0 Å². The molecular weight excluding hydrogens is 386 g/mol. The van der Waals surface area contributed by atoms with E-state index in [2.05, 4.69) is 4.90 Å². The van der Waals surface area contributed by atoms with E-state index >= 15 is 0 Å². The number of nitrogens with zero attached hydrogens (tertiary/aromatic N) is 1. The van der Waals surface area contributed by atoms with Gasteiger partial charge >= 0.3 is 0 Å². The van der Waals surface area contributed by atoms with Crippen LogP contribution in [0.3, 0.4) is 0 Å². The molecule has 1 saturated carbocycles. The summed E-state index contributed by atoms with van der Waals surface area (Å²) in [5.41, 5.74) is 0.971. The fourth-order valence-corrected chi connectivity index (χ4v) is 5.25. The highest BCUT2D eigenvalue weighted by molar-refractivity contribution is 8.14. The van der Waals surface area contributed by atoms with Gasteiger partial charge in [-0.3, -0.25) is 9.69 Å². The number of ether oxygens (including phenoxy) is 3. The quantitative estimate of drug-likeness (QED) is 0.707. The molecule has 1 aromatic carbocycles. The smallest absolute Gasteiger partial charge is 0.193 e. The highest BCUT2D eigenvalue weighted by atomic mass is 35.5. The summed E-state index contributed by atoms with van der Waals surface area (Å²) >= 11 is 1.55. The molecule has 7 heteroatoms. The maximum Gasteiger partial charge on any atom is 0.193 e. The van der Waals surface area contributed by atoms with Crippen molar-refractivity contribution < 1.29 is 19.0 Å². The molecule has 1 aliphatic carbocycles. The first-order valence-electron chi connectivity index (χ1n) is 9.43. The first-order valence-corrected chi connectivity index (χ1v) is 10.3. The topological polar surface area (TPSA) is 48.0 Å². The Bertz CT molecular complexity index is 610. The summed E-state index contributed by atoms with van der Waals surface area (Å²) in [4.78, 5) is 15.2. The van der Waals surface area contributed by atoms with Gasteiger partial charge in [-0.05, 0) is 30.5 Å². The van der Waals surface area contributed by atoms with Crippen LogP contribution in [0.1, 0.15) is 31.2 Å². The lowest BCUT2D eigenvalue weighted by Gasteiger charge is -2.41. The summed E-state index contributed by atoms with van der Waals surface area (Å²) in [5.74, 6) is 1.36. The van der Waals surface area contributed by atoms with E-state index in [-0.39, 0.29) is 17.5 Å². The normalized spacial score (nSPS) is 23.3. The number of carbonyl (C=O) groups is 1. The van der Waals surface area contributed by atoms with Crippen molar-refractivity contribution in [2.75, 3.05) is 40.5 Å². The number of morpholine rings is 1. The third kappa shape index (κ3) is 6.01. The highest BCUT2D eigenvalue weighted by Gasteiger charge is 2.32. The van der Waals surface area contributed by atoms with Crippen LogP contribution in [-0.4, -0.2) is 61.8 Å². The number of methoxy groups -OCH3 is 2. The minimum Gasteiger partial charge on any atom is -0.493 e. The van der Waals surface area contributed by atoms with Gasteiger partial charge in [-0.1, -0.05) is 30.7 Å². The van der Waals surface area contributed by atoms with Crippen LogP contribution in [-0.2, 0) is 16.0 Å². The number of hydrogen-bond acceptors (Lipinski definition) is 6. The number of carbonyl (C=O) groups excluding carboxylic acids is 1. The average molecular weight is 416 g/mol. The standard InChI is InChI=1S/C20H29NO4S.ClH/c1-23-17-8-7-15(13-18(17)24-2)14-20(22)26-19-6-4-3-5-16(19)21-9-11-25-12-10-21;/h7-8,13,16,19H,3-6,9-12,14H2,1-2H3;1H/t16-,19-;/m1./s1. The van der Waals surface area contributed by atoms with Gasteiger partial charge in [0.2, 0.25) is 0 Å². The summed E-state index contributed by atoms with van der Waals surface area (Å²) in [6.07, 6.45) is 5.24. The Labute approximate surface area is 172 Å². The van der Waals surface area contributed by atoms with Crippen LogP contribution >= 0.6 is 24.2 Å². The van der Waals surface area contributed by atoms with Crippen molar-refractivity contribution >= 4 is 29.3 Å². The van der Waals surface area contributed by atoms with Crippen molar-refractivity contribution in [3.63, 3.8) is 0 Å². The molecule has 0 bridgehead atoms. The molecule has 27 heavy (non-hydrogen) atoms. The predicted molar refractivity (Wildman–Crippen MR) is 112 cm³/mol. The molecule has 0 spiro atoms. The van der Waals surface area contributed by atoms with Crippen molar-refractivity contribution in [1.29, 1.82) is 0 Å².